The Kier molecular flexibility index (Phi) is 6.63. The highest BCUT2D eigenvalue weighted by atomic mass is 127. The van der Waals surface area contributed by atoms with Crippen LogP contribution in [0.2, 0.25) is 0 Å². The van der Waals surface area contributed by atoms with E-state index in [1.165, 1.54) is 19.0 Å². The first-order valence-corrected chi connectivity index (χ1v) is 14.4. The van der Waals surface area contributed by atoms with Gasteiger partial charge in [0.15, 0.2) is 0 Å². The van der Waals surface area contributed by atoms with Crippen LogP contribution < -0.4 is 20.9 Å². The Morgan fingerprint density at radius 2 is 1.56 bits per heavy atom. The molecule has 0 radical (unpaired) electrons. The van der Waals surface area contributed by atoms with Crippen molar-refractivity contribution in [2.24, 2.45) is 11.1 Å². The summed E-state index contributed by atoms with van der Waals surface area (Å²) in [5.41, 5.74) is 9.47. The maximum atomic E-state index is 13.9. The van der Waals surface area contributed by atoms with Crippen LogP contribution in [0.25, 0.3) is 10.9 Å². The fourth-order valence-electron chi connectivity index (χ4n) is 5.81. The molecule has 1 spiro atoms. The number of amides is 2. The topological polar surface area (TPSA) is 91.6 Å². The number of nitrogens with zero attached hydrogens (tertiary/aromatic N) is 3. The molecule has 3 aromatic rings. The summed E-state index contributed by atoms with van der Waals surface area (Å²) in [6.07, 6.45) is 5.81. The van der Waals surface area contributed by atoms with Crippen LogP contribution in [0.1, 0.15) is 59.2 Å². The summed E-state index contributed by atoms with van der Waals surface area (Å²) < 4.78 is 28.9. The molecule has 2 aliphatic heterocycles. The number of benzene rings is 2. The molecule has 7 nitrogen and oxygen atoms in total. The summed E-state index contributed by atoms with van der Waals surface area (Å²) in [5, 5.41) is 3.64. The fraction of sp³-hybridized carbons (Fsp3) is 0.414. The van der Waals surface area contributed by atoms with Crippen molar-refractivity contribution < 1.29 is 18.4 Å². The first-order valence-electron chi connectivity index (χ1n) is 13.3. The van der Waals surface area contributed by atoms with Gasteiger partial charge in [0.25, 0.3) is 11.8 Å². The van der Waals surface area contributed by atoms with Crippen molar-refractivity contribution in [3.63, 3.8) is 0 Å². The second kappa shape index (κ2) is 9.87. The van der Waals surface area contributed by atoms with Crippen molar-refractivity contribution in [2.45, 2.75) is 44.4 Å². The van der Waals surface area contributed by atoms with Gasteiger partial charge in [0.2, 0.25) is 5.91 Å². The predicted molar refractivity (Wildman–Crippen MR) is 157 cm³/mol. The highest BCUT2D eigenvalue weighted by Gasteiger charge is 2.44. The van der Waals surface area contributed by atoms with Gasteiger partial charge in [-0.05, 0) is 90.1 Å². The summed E-state index contributed by atoms with van der Waals surface area (Å²) >= 11 is 2.27. The number of carbonyl (C=O) groups is 2. The number of fused-ring (bicyclic) bond motifs is 1. The largest absolute Gasteiger partial charge is 0.371 e. The van der Waals surface area contributed by atoms with Crippen LogP contribution >= 0.6 is 22.6 Å². The number of carbonyl (C=O) groups excluding carboxylic acids is 2. The van der Waals surface area contributed by atoms with Gasteiger partial charge in [-0.15, -0.1) is 0 Å². The lowest BCUT2D eigenvalue weighted by Gasteiger charge is -2.35. The maximum Gasteiger partial charge on any atom is 0.257 e. The van der Waals surface area contributed by atoms with Crippen molar-refractivity contribution >= 4 is 62.4 Å². The van der Waals surface area contributed by atoms with Gasteiger partial charge in [0.05, 0.1) is 28.0 Å². The van der Waals surface area contributed by atoms with E-state index in [4.69, 9.17) is 5.73 Å². The van der Waals surface area contributed by atoms with Crippen molar-refractivity contribution in [1.82, 2.24) is 4.98 Å². The zero-order chi connectivity index (χ0) is 27.4. The molecule has 1 saturated carbocycles. The van der Waals surface area contributed by atoms with Crippen molar-refractivity contribution in [2.75, 3.05) is 41.3 Å². The van der Waals surface area contributed by atoms with E-state index in [1.807, 2.05) is 17.0 Å². The molecule has 2 aromatic carbocycles. The van der Waals surface area contributed by atoms with E-state index in [0.717, 1.165) is 35.2 Å². The molecule has 39 heavy (non-hydrogen) atoms. The van der Waals surface area contributed by atoms with E-state index in [9.17, 15) is 18.4 Å². The van der Waals surface area contributed by atoms with Gasteiger partial charge in [-0.1, -0.05) is 0 Å². The SMILES string of the molecule is NC(=O)c1cnc2c(N3CCC(F)(F)CC3)cc(NC(=O)c3ccc(I)cc3N3CCC4(CC3)CC4)cc2c1. The van der Waals surface area contributed by atoms with E-state index in [2.05, 4.69) is 43.9 Å². The first kappa shape index (κ1) is 26.2. The average molecular weight is 645 g/mol. The molecule has 3 N–H and O–H groups in total. The van der Waals surface area contributed by atoms with Crippen LogP contribution in [0.4, 0.5) is 25.8 Å². The van der Waals surface area contributed by atoms with Crippen LogP contribution in [0.15, 0.2) is 42.6 Å². The number of pyridine rings is 1. The van der Waals surface area contributed by atoms with Crippen LogP contribution in [-0.4, -0.2) is 48.9 Å². The van der Waals surface area contributed by atoms with Gasteiger partial charge in [-0.3, -0.25) is 14.6 Å². The minimum Gasteiger partial charge on any atom is -0.371 e. The van der Waals surface area contributed by atoms with Gasteiger partial charge in [-0.2, -0.15) is 0 Å². The Morgan fingerprint density at radius 1 is 0.897 bits per heavy atom. The normalized spacial score (nSPS) is 19.8. The summed E-state index contributed by atoms with van der Waals surface area (Å²) in [5.74, 6) is -3.56. The third-order valence-electron chi connectivity index (χ3n) is 8.47. The number of alkyl halides is 2. The molecule has 3 aliphatic rings. The number of hydrogen-bond donors (Lipinski definition) is 2. The van der Waals surface area contributed by atoms with Crippen LogP contribution in [0.5, 0.6) is 0 Å². The molecule has 2 saturated heterocycles. The molecule has 3 fully saturated rings. The van der Waals surface area contributed by atoms with E-state index in [1.54, 1.807) is 18.2 Å². The predicted octanol–water partition coefficient (Wildman–Crippen LogP) is 5.81. The van der Waals surface area contributed by atoms with Crippen LogP contribution in [0, 0.1) is 8.99 Å². The molecule has 204 valence electrons. The number of halogens is 3. The lowest BCUT2D eigenvalue weighted by molar-refractivity contribution is -0.0220. The first-order chi connectivity index (χ1) is 18.6. The van der Waals surface area contributed by atoms with Gasteiger partial charge in [0.1, 0.15) is 0 Å². The average Bonchev–Trinajstić information content (AvgIpc) is 3.66. The summed E-state index contributed by atoms with van der Waals surface area (Å²) in [6.45, 7) is 2.19. The zero-order valence-electron chi connectivity index (χ0n) is 21.5. The van der Waals surface area contributed by atoms with Gasteiger partial charge in [0, 0.05) is 59.9 Å². The number of nitrogens with two attached hydrogens (primary N) is 1. The zero-order valence-corrected chi connectivity index (χ0v) is 23.6. The molecule has 0 bridgehead atoms. The van der Waals surface area contributed by atoms with E-state index in [-0.39, 0.29) is 37.4 Å². The minimum atomic E-state index is -2.69. The van der Waals surface area contributed by atoms with Crippen LogP contribution in [-0.2, 0) is 0 Å². The fourth-order valence-corrected chi connectivity index (χ4v) is 6.28. The highest BCUT2D eigenvalue weighted by molar-refractivity contribution is 14.1. The molecule has 10 heteroatoms. The maximum absolute atomic E-state index is 13.9. The Morgan fingerprint density at radius 3 is 2.23 bits per heavy atom. The number of rotatable bonds is 5. The van der Waals surface area contributed by atoms with Crippen molar-refractivity contribution in [3.05, 3.63) is 57.3 Å². The number of nitrogens with one attached hydrogen (secondary N) is 1. The quantitative estimate of drug-likeness (QED) is 0.342. The molecule has 0 unspecified atom stereocenters. The number of hydrogen-bond acceptors (Lipinski definition) is 5. The van der Waals surface area contributed by atoms with Gasteiger partial charge < -0.3 is 20.9 Å². The monoisotopic (exact) mass is 645 g/mol. The number of primary amides is 1. The number of anilines is 3. The molecule has 1 aromatic heterocycles. The Labute approximate surface area is 239 Å². The second-order valence-corrected chi connectivity index (χ2v) is 12.3. The molecule has 2 amide bonds. The standard InChI is InChI=1S/C29H30F2IN5O2/c30-29(31)7-11-37(12-8-29)24-16-21(14-18-13-19(26(33)38)17-34-25(18)24)35-27(39)22-2-1-20(32)15-23(22)36-9-5-28(3-4-28)6-10-36/h1-2,13-17H,3-12H2,(H2,33,38)(H,35,39). The van der Waals surface area contributed by atoms with Gasteiger partial charge in [-0.25, -0.2) is 8.78 Å². The smallest absolute Gasteiger partial charge is 0.257 e. The van der Waals surface area contributed by atoms with E-state index < -0.39 is 11.8 Å². The molecule has 6 rings (SSSR count). The van der Waals surface area contributed by atoms with E-state index in [0.29, 0.717) is 33.3 Å². The van der Waals surface area contributed by atoms with Crippen molar-refractivity contribution in [3.8, 4) is 0 Å². The third kappa shape index (κ3) is 5.39. The van der Waals surface area contributed by atoms with Crippen LogP contribution in [0.3, 0.4) is 0 Å². The highest BCUT2D eigenvalue weighted by Crippen LogP contribution is 2.54. The minimum absolute atomic E-state index is 0.163. The molecular weight excluding hydrogens is 615 g/mol. The molecular formula is C29H30F2IN5O2. The Balaban J connectivity index is 1.33. The number of piperidine rings is 2. The Hall–Kier alpha value is -3.02. The van der Waals surface area contributed by atoms with Gasteiger partial charge >= 0.3 is 0 Å². The lowest BCUT2D eigenvalue weighted by Crippen LogP contribution is -2.39. The Bertz CT molecular complexity index is 1460. The lowest BCUT2D eigenvalue weighted by atomic mass is 9.93. The molecule has 3 heterocycles. The molecule has 0 atom stereocenters. The van der Waals surface area contributed by atoms with E-state index >= 15 is 0 Å². The number of aromatic nitrogens is 1. The summed E-state index contributed by atoms with van der Waals surface area (Å²) in [6, 6.07) is 11.0. The second-order valence-electron chi connectivity index (χ2n) is 11.1. The summed E-state index contributed by atoms with van der Waals surface area (Å²) in [4.78, 5) is 34.1. The molecule has 1 aliphatic carbocycles. The van der Waals surface area contributed by atoms with Crippen molar-refractivity contribution in [1.29, 1.82) is 0 Å². The third-order valence-corrected chi connectivity index (χ3v) is 9.14. The summed E-state index contributed by atoms with van der Waals surface area (Å²) in [7, 11) is 0.